The fourth-order valence-corrected chi connectivity index (χ4v) is 2.10. The maximum atomic E-state index is 12.0. The molecule has 0 bridgehead atoms. The minimum atomic E-state index is -3.85. The molecule has 6 nitrogen and oxygen atoms in total. The lowest BCUT2D eigenvalue weighted by Crippen LogP contribution is -2.23. The number of nitrogens with two attached hydrogens (primary N) is 1. The molecule has 0 aliphatic carbocycles. The molecule has 0 heterocycles. The molecule has 0 spiro atoms. The van der Waals surface area contributed by atoms with E-state index in [0.29, 0.717) is 5.56 Å². The number of hydrogen-bond donors (Lipinski definition) is 1. The van der Waals surface area contributed by atoms with Crippen molar-refractivity contribution in [3.05, 3.63) is 29.3 Å². The van der Waals surface area contributed by atoms with Gasteiger partial charge in [-0.15, -0.1) is 0 Å². The number of primary sulfonamides is 1. The molecule has 0 radical (unpaired) electrons. The van der Waals surface area contributed by atoms with Crippen molar-refractivity contribution in [1.82, 2.24) is 0 Å². The van der Waals surface area contributed by atoms with E-state index in [0.717, 1.165) is 0 Å². The van der Waals surface area contributed by atoms with Gasteiger partial charge in [0.25, 0.3) is 0 Å². The van der Waals surface area contributed by atoms with Crippen molar-refractivity contribution in [1.29, 1.82) is 0 Å². The van der Waals surface area contributed by atoms with Crippen LogP contribution in [0.25, 0.3) is 0 Å². The first kappa shape index (κ1) is 17.6. The standard InChI is InChI=1S/C14H21NO5S/c1-10-5-6-11(21(15,17)18)9-12(10)13(16)19-7-8-20-14(2,3)4/h5-6,9H,7-8H2,1-4H3,(H2,15,17,18). The molecule has 0 saturated heterocycles. The van der Waals surface area contributed by atoms with Crippen LogP contribution in [-0.2, 0) is 19.5 Å². The van der Waals surface area contributed by atoms with Crippen molar-refractivity contribution in [2.75, 3.05) is 13.2 Å². The average Bonchev–Trinajstić information content (AvgIpc) is 2.32. The van der Waals surface area contributed by atoms with Crippen LogP contribution in [0.3, 0.4) is 0 Å². The number of ether oxygens (including phenoxy) is 2. The lowest BCUT2D eigenvalue weighted by molar-refractivity contribution is -0.0281. The van der Waals surface area contributed by atoms with Crippen LogP contribution in [-0.4, -0.2) is 33.2 Å². The molecule has 0 unspecified atom stereocenters. The summed E-state index contributed by atoms with van der Waals surface area (Å²) in [4.78, 5) is 11.8. The van der Waals surface area contributed by atoms with Gasteiger partial charge in [-0.3, -0.25) is 0 Å². The Balaban J connectivity index is 2.74. The third-order valence-corrected chi connectivity index (χ3v) is 3.52. The summed E-state index contributed by atoms with van der Waals surface area (Å²) < 4.78 is 33.1. The van der Waals surface area contributed by atoms with Gasteiger partial charge in [0.1, 0.15) is 6.61 Å². The van der Waals surface area contributed by atoms with Gasteiger partial charge in [-0.05, 0) is 45.4 Å². The summed E-state index contributed by atoms with van der Waals surface area (Å²) in [5, 5.41) is 5.05. The van der Waals surface area contributed by atoms with E-state index < -0.39 is 16.0 Å². The molecule has 118 valence electrons. The number of hydrogen-bond acceptors (Lipinski definition) is 5. The maximum absolute atomic E-state index is 12.0. The van der Waals surface area contributed by atoms with E-state index in [2.05, 4.69) is 0 Å². The van der Waals surface area contributed by atoms with Crippen LogP contribution in [0.2, 0.25) is 0 Å². The van der Waals surface area contributed by atoms with Crippen LogP contribution in [0.4, 0.5) is 0 Å². The normalized spacial score (nSPS) is 12.2. The summed E-state index contributed by atoms with van der Waals surface area (Å²) in [6, 6.07) is 4.09. The maximum Gasteiger partial charge on any atom is 0.338 e. The second-order valence-electron chi connectivity index (χ2n) is 5.62. The molecule has 0 amide bonds. The fourth-order valence-electron chi connectivity index (χ4n) is 1.56. The Hall–Kier alpha value is -1.44. The zero-order chi connectivity index (χ0) is 16.3. The van der Waals surface area contributed by atoms with Gasteiger partial charge in [-0.25, -0.2) is 18.4 Å². The molecular weight excluding hydrogens is 294 g/mol. The number of sulfonamides is 1. The third-order valence-electron chi connectivity index (χ3n) is 2.61. The quantitative estimate of drug-likeness (QED) is 0.658. The molecule has 0 atom stereocenters. The van der Waals surface area contributed by atoms with Crippen molar-refractivity contribution in [2.45, 2.75) is 38.2 Å². The average molecular weight is 315 g/mol. The van der Waals surface area contributed by atoms with Crippen molar-refractivity contribution in [3.63, 3.8) is 0 Å². The largest absolute Gasteiger partial charge is 0.460 e. The lowest BCUT2D eigenvalue weighted by Gasteiger charge is -2.19. The molecule has 2 N–H and O–H groups in total. The van der Waals surface area contributed by atoms with Crippen LogP contribution < -0.4 is 5.14 Å². The van der Waals surface area contributed by atoms with Crippen molar-refractivity contribution < 1.29 is 22.7 Å². The predicted octanol–water partition coefficient (Wildman–Crippen LogP) is 1.61. The van der Waals surface area contributed by atoms with E-state index in [1.54, 1.807) is 6.92 Å². The molecule has 0 aliphatic heterocycles. The van der Waals surface area contributed by atoms with E-state index in [1.807, 2.05) is 20.8 Å². The number of aryl methyl sites for hydroxylation is 1. The number of benzene rings is 1. The second kappa shape index (κ2) is 6.55. The highest BCUT2D eigenvalue weighted by molar-refractivity contribution is 7.89. The molecular formula is C14H21NO5S. The highest BCUT2D eigenvalue weighted by Crippen LogP contribution is 2.15. The van der Waals surface area contributed by atoms with Crippen LogP contribution in [0.15, 0.2) is 23.1 Å². The summed E-state index contributed by atoms with van der Waals surface area (Å²) in [6.07, 6.45) is 0. The van der Waals surface area contributed by atoms with Gasteiger partial charge in [-0.2, -0.15) is 0 Å². The van der Waals surface area contributed by atoms with Crippen molar-refractivity contribution in [3.8, 4) is 0 Å². The molecule has 0 fully saturated rings. The minimum absolute atomic E-state index is 0.0924. The highest BCUT2D eigenvalue weighted by atomic mass is 32.2. The molecule has 0 aliphatic rings. The van der Waals surface area contributed by atoms with Crippen molar-refractivity contribution >= 4 is 16.0 Å². The Morgan fingerprint density at radius 1 is 1.24 bits per heavy atom. The predicted molar refractivity (Wildman–Crippen MR) is 78.5 cm³/mol. The summed E-state index contributed by atoms with van der Waals surface area (Å²) in [6.45, 7) is 7.74. The van der Waals surface area contributed by atoms with Gasteiger partial charge in [0.15, 0.2) is 0 Å². The van der Waals surface area contributed by atoms with E-state index in [1.165, 1.54) is 18.2 Å². The number of esters is 1. The molecule has 1 aromatic carbocycles. The first-order chi connectivity index (χ1) is 9.50. The number of carbonyl (C=O) groups is 1. The summed E-state index contributed by atoms with van der Waals surface area (Å²) in [5.41, 5.74) is 0.483. The van der Waals surface area contributed by atoms with Crippen LogP contribution in [0.1, 0.15) is 36.7 Å². The van der Waals surface area contributed by atoms with E-state index in [-0.39, 0.29) is 29.3 Å². The second-order valence-corrected chi connectivity index (χ2v) is 7.18. The molecule has 1 rings (SSSR count). The minimum Gasteiger partial charge on any atom is -0.460 e. The molecule has 1 aromatic rings. The van der Waals surface area contributed by atoms with Crippen LogP contribution >= 0.6 is 0 Å². The lowest BCUT2D eigenvalue weighted by atomic mass is 10.1. The van der Waals surface area contributed by atoms with E-state index in [9.17, 15) is 13.2 Å². The molecule has 0 saturated carbocycles. The molecule has 0 aromatic heterocycles. The summed E-state index contributed by atoms with van der Waals surface area (Å²) in [7, 11) is -3.85. The van der Waals surface area contributed by atoms with Gasteiger partial charge < -0.3 is 9.47 Å². The van der Waals surface area contributed by atoms with Gasteiger partial charge in [0.2, 0.25) is 10.0 Å². The summed E-state index contributed by atoms with van der Waals surface area (Å²) in [5.74, 6) is -0.601. The van der Waals surface area contributed by atoms with Gasteiger partial charge in [0.05, 0.1) is 22.7 Å². The Bertz CT molecular complexity index is 617. The van der Waals surface area contributed by atoms with Crippen LogP contribution in [0.5, 0.6) is 0 Å². The Morgan fingerprint density at radius 2 is 1.86 bits per heavy atom. The van der Waals surface area contributed by atoms with E-state index >= 15 is 0 Å². The number of rotatable bonds is 5. The van der Waals surface area contributed by atoms with Crippen LogP contribution in [0, 0.1) is 6.92 Å². The van der Waals surface area contributed by atoms with Gasteiger partial charge >= 0.3 is 5.97 Å². The Labute approximate surface area is 125 Å². The smallest absolute Gasteiger partial charge is 0.338 e. The molecule has 21 heavy (non-hydrogen) atoms. The third kappa shape index (κ3) is 5.82. The first-order valence-electron chi connectivity index (χ1n) is 6.45. The Morgan fingerprint density at radius 3 is 2.38 bits per heavy atom. The van der Waals surface area contributed by atoms with E-state index in [4.69, 9.17) is 14.6 Å². The summed E-state index contributed by atoms with van der Waals surface area (Å²) >= 11 is 0. The fraction of sp³-hybridized carbons (Fsp3) is 0.500. The van der Waals surface area contributed by atoms with Gasteiger partial charge in [-0.1, -0.05) is 6.07 Å². The highest BCUT2D eigenvalue weighted by Gasteiger charge is 2.16. The topological polar surface area (TPSA) is 95.7 Å². The Kier molecular flexibility index (Phi) is 5.49. The first-order valence-corrected chi connectivity index (χ1v) is 8.00. The number of carbonyl (C=O) groups excluding carboxylic acids is 1. The zero-order valence-corrected chi connectivity index (χ0v) is 13.5. The SMILES string of the molecule is Cc1ccc(S(N)(=O)=O)cc1C(=O)OCCOC(C)(C)C. The zero-order valence-electron chi connectivity index (χ0n) is 12.7. The monoisotopic (exact) mass is 315 g/mol. The van der Waals surface area contributed by atoms with Crippen molar-refractivity contribution in [2.24, 2.45) is 5.14 Å². The molecule has 7 heteroatoms. The van der Waals surface area contributed by atoms with Gasteiger partial charge in [0, 0.05) is 0 Å².